The van der Waals surface area contributed by atoms with E-state index < -0.39 is 43.0 Å². The first-order chi connectivity index (χ1) is 13.8. The lowest BCUT2D eigenvalue weighted by Gasteiger charge is -2.12. The van der Waals surface area contributed by atoms with Crippen molar-refractivity contribution >= 4 is 17.6 Å². The molecule has 1 aliphatic heterocycles. The van der Waals surface area contributed by atoms with Crippen LogP contribution in [0.2, 0.25) is 0 Å². The maximum Gasteiger partial charge on any atom is 0.337 e. The zero-order chi connectivity index (χ0) is 21.1. The molecule has 2 heterocycles. The molecule has 1 saturated heterocycles. The standard InChI is InChI=1S/C20H22N2O7/c1-11-8-12(20(27)28-2)5-6-14(11)21-18(26)13-4-3-7-22(9-13)19-17(25)16(24)15(10-23)29-19/h3-9,15-17,19,23-25H,10H2,1-2H3/p+1/t15-,16-,17-,19-/m1/s1. The van der Waals surface area contributed by atoms with Crippen LogP contribution in [0.15, 0.2) is 42.7 Å². The van der Waals surface area contributed by atoms with Crippen molar-refractivity contribution in [2.75, 3.05) is 19.0 Å². The van der Waals surface area contributed by atoms with Crippen LogP contribution < -0.4 is 9.88 Å². The number of hydrogen-bond donors (Lipinski definition) is 4. The number of benzene rings is 1. The number of ether oxygens (including phenoxy) is 2. The van der Waals surface area contributed by atoms with Crippen molar-refractivity contribution in [2.45, 2.75) is 31.5 Å². The quantitative estimate of drug-likeness (QED) is 0.406. The zero-order valence-electron chi connectivity index (χ0n) is 16.0. The normalized spacial score (nSPS) is 23.6. The Morgan fingerprint density at radius 1 is 1.21 bits per heavy atom. The maximum atomic E-state index is 12.7. The monoisotopic (exact) mass is 403 g/mol. The molecule has 1 amide bonds. The maximum absolute atomic E-state index is 12.7. The van der Waals surface area contributed by atoms with Gasteiger partial charge in [-0.05, 0) is 36.8 Å². The van der Waals surface area contributed by atoms with Crippen LogP contribution in [0.5, 0.6) is 0 Å². The number of nitrogens with zero attached hydrogens (tertiary/aromatic N) is 1. The molecule has 0 aliphatic carbocycles. The van der Waals surface area contributed by atoms with Crippen LogP contribution in [-0.4, -0.2) is 59.2 Å². The highest BCUT2D eigenvalue weighted by atomic mass is 16.6. The summed E-state index contributed by atoms with van der Waals surface area (Å²) in [7, 11) is 1.30. The predicted molar refractivity (Wildman–Crippen MR) is 100 cm³/mol. The van der Waals surface area contributed by atoms with E-state index in [0.717, 1.165) is 0 Å². The molecule has 154 valence electrons. The van der Waals surface area contributed by atoms with Gasteiger partial charge in [0.25, 0.3) is 12.1 Å². The number of hydrogen-bond acceptors (Lipinski definition) is 7. The largest absolute Gasteiger partial charge is 0.465 e. The summed E-state index contributed by atoms with van der Waals surface area (Å²) in [5, 5.41) is 32.1. The molecule has 29 heavy (non-hydrogen) atoms. The number of aromatic nitrogens is 1. The molecule has 3 rings (SSSR count). The molecule has 1 aliphatic rings. The van der Waals surface area contributed by atoms with Crippen LogP contribution in [0, 0.1) is 6.92 Å². The Morgan fingerprint density at radius 2 is 1.97 bits per heavy atom. The number of aliphatic hydroxyl groups excluding tert-OH is 3. The van der Waals surface area contributed by atoms with Gasteiger partial charge in [0.05, 0.1) is 19.3 Å². The third-order valence-corrected chi connectivity index (χ3v) is 4.79. The molecule has 4 N–H and O–H groups in total. The number of amides is 1. The Hall–Kier alpha value is -2.85. The summed E-state index contributed by atoms with van der Waals surface area (Å²) in [4.78, 5) is 24.3. The van der Waals surface area contributed by atoms with Gasteiger partial charge in [0, 0.05) is 11.8 Å². The van der Waals surface area contributed by atoms with E-state index in [9.17, 15) is 24.9 Å². The van der Waals surface area contributed by atoms with Gasteiger partial charge in [-0.2, -0.15) is 4.57 Å². The molecule has 0 radical (unpaired) electrons. The smallest absolute Gasteiger partial charge is 0.337 e. The van der Waals surface area contributed by atoms with E-state index in [1.807, 2.05) is 0 Å². The second kappa shape index (κ2) is 8.66. The van der Waals surface area contributed by atoms with Gasteiger partial charge in [-0.25, -0.2) is 4.79 Å². The number of carbonyl (C=O) groups excluding carboxylic acids is 2. The van der Waals surface area contributed by atoms with E-state index in [2.05, 4.69) is 10.1 Å². The number of aliphatic hydroxyl groups is 3. The van der Waals surface area contributed by atoms with Gasteiger partial charge in [0.2, 0.25) is 0 Å². The molecule has 9 nitrogen and oxygen atoms in total. The number of nitrogens with one attached hydrogen (secondary N) is 1. The number of methoxy groups -OCH3 is 1. The number of carbonyl (C=O) groups is 2. The molecule has 1 fully saturated rings. The fourth-order valence-electron chi connectivity index (χ4n) is 3.15. The summed E-state index contributed by atoms with van der Waals surface area (Å²) < 4.78 is 11.6. The lowest BCUT2D eigenvalue weighted by Crippen LogP contribution is -2.46. The topological polar surface area (TPSA) is 129 Å². The number of pyridine rings is 1. The Bertz CT molecular complexity index is 917. The predicted octanol–water partition coefficient (Wildman–Crippen LogP) is -0.0671. The van der Waals surface area contributed by atoms with Crippen molar-refractivity contribution in [1.29, 1.82) is 0 Å². The van der Waals surface area contributed by atoms with Gasteiger partial charge in [-0.15, -0.1) is 0 Å². The van der Waals surface area contributed by atoms with Crippen LogP contribution in [0.25, 0.3) is 0 Å². The molecule has 9 heteroatoms. The summed E-state index contributed by atoms with van der Waals surface area (Å²) in [5.74, 6) is -0.867. The third kappa shape index (κ3) is 4.28. The van der Waals surface area contributed by atoms with Crippen LogP contribution >= 0.6 is 0 Å². The number of esters is 1. The first-order valence-corrected chi connectivity index (χ1v) is 8.99. The Labute approximate surface area is 167 Å². The second-order valence-electron chi connectivity index (χ2n) is 6.74. The second-order valence-corrected chi connectivity index (χ2v) is 6.74. The van der Waals surface area contributed by atoms with E-state index in [1.165, 1.54) is 17.9 Å². The van der Waals surface area contributed by atoms with Crippen LogP contribution in [-0.2, 0) is 9.47 Å². The van der Waals surface area contributed by atoms with E-state index in [-0.39, 0.29) is 0 Å². The number of rotatable bonds is 5. The molecule has 0 unspecified atom stereocenters. The highest BCUT2D eigenvalue weighted by Gasteiger charge is 2.48. The van der Waals surface area contributed by atoms with E-state index in [4.69, 9.17) is 4.74 Å². The molecule has 0 spiro atoms. The molecule has 4 atom stereocenters. The van der Waals surface area contributed by atoms with E-state index in [1.54, 1.807) is 43.5 Å². The zero-order valence-corrected chi connectivity index (χ0v) is 16.0. The lowest BCUT2D eigenvalue weighted by atomic mass is 10.1. The number of anilines is 1. The highest BCUT2D eigenvalue weighted by Crippen LogP contribution is 2.25. The van der Waals surface area contributed by atoms with Gasteiger partial charge in [-0.3, -0.25) is 4.79 Å². The minimum absolute atomic E-state index is 0.293. The van der Waals surface area contributed by atoms with Crippen LogP contribution in [0.3, 0.4) is 0 Å². The molecule has 0 bridgehead atoms. The van der Waals surface area contributed by atoms with Gasteiger partial charge in [-0.1, -0.05) is 0 Å². The lowest BCUT2D eigenvalue weighted by molar-refractivity contribution is -0.765. The minimum atomic E-state index is -1.25. The van der Waals surface area contributed by atoms with Crippen LogP contribution in [0.1, 0.15) is 32.5 Å². The van der Waals surface area contributed by atoms with Crippen molar-refractivity contribution in [3.8, 4) is 0 Å². The average Bonchev–Trinajstić information content (AvgIpc) is 3.03. The molecule has 2 aromatic rings. The third-order valence-electron chi connectivity index (χ3n) is 4.79. The van der Waals surface area contributed by atoms with Crippen molar-refractivity contribution in [2.24, 2.45) is 0 Å². The molecular weight excluding hydrogens is 380 g/mol. The summed E-state index contributed by atoms with van der Waals surface area (Å²) >= 11 is 0. The van der Waals surface area contributed by atoms with Crippen LogP contribution in [0.4, 0.5) is 5.69 Å². The van der Waals surface area contributed by atoms with Gasteiger partial charge in [0.15, 0.2) is 18.5 Å². The number of aryl methyl sites for hydroxylation is 1. The minimum Gasteiger partial charge on any atom is -0.465 e. The van der Waals surface area contributed by atoms with Crippen molar-refractivity contribution in [3.05, 3.63) is 59.4 Å². The molecule has 1 aromatic heterocycles. The van der Waals surface area contributed by atoms with Crippen molar-refractivity contribution in [1.82, 2.24) is 0 Å². The summed E-state index contributed by atoms with van der Waals surface area (Å²) in [5.41, 5.74) is 1.89. The Balaban J connectivity index is 1.77. The van der Waals surface area contributed by atoms with Gasteiger partial charge >= 0.3 is 5.97 Å². The van der Waals surface area contributed by atoms with Crippen molar-refractivity contribution in [3.63, 3.8) is 0 Å². The van der Waals surface area contributed by atoms with Crippen molar-refractivity contribution < 1.29 is 38.9 Å². The van der Waals surface area contributed by atoms with Gasteiger partial charge in [0.1, 0.15) is 17.8 Å². The fourth-order valence-corrected chi connectivity index (χ4v) is 3.15. The molecule has 1 aromatic carbocycles. The fraction of sp³-hybridized carbons (Fsp3) is 0.350. The summed E-state index contributed by atoms with van der Waals surface area (Å²) in [6, 6.07) is 7.98. The first-order valence-electron chi connectivity index (χ1n) is 8.99. The molecule has 0 saturated carbocycles. The highest BCUT2D eigenvalue weighted by molar-refractivity contribution is 6.04. The molecular formula is C20H23N2O7+. The van der Waals surface area contributed by atoms with E-state index in [0.29, 0.717) is 22.4 Å². The Morgan fingerprint density at radius 3 is 2.59 bits per heavy atom. The Kier molecular flexibility index (Phi) is 6.23. The average molecular weight is 403 g/mol. The SMILES string of the molecule is COC(=O)c1ccc(NC(=O)c2ccc[n+]([C@@H]3O[C@H](CO)[C@@H](O)[C@H]3O)c2)c(C)c1. The van der Waals surface area contributed by atoms with E-state index >= 15 is 0 Å². The summed E-state index contributed by atoms with van der Waals surface area (Å²) in [6.45, 7) is 1.32. The van der Waals surface area contributed by atoms with Gasteiger partial charge < -0.3 is 30.1 Å². The summed E-state index contributed by atoms with van der Waals surface area (Å²) in [6.07, 6.45) is -1.25. The first kappa shape index (κ1) is 20.9.